The molecule has 22 heavy (non-hydrogen) atoms. The van der Waals surface area contributed by atoms with Crippen molar-refractivity contribution in [2.75, 3.05) is 6.61 Å². The van der Waals surface area contributed by atoms with Gasteiger partial charge in [-0.25, -0.2) is 9.13 Å². The fraction of sp³-hybridized carbons (Fsp3) is 1.00. The van der Waals surface area contributed by atoms with Gasteiger partial charge in [-0.05, 0) is 0 Å². The van der Waals surface area contributed by atoms with Gasteiger partial charge in [-0.1, -0.05) is 0 Å². The Labute approximate surface area is 123 Å². The van der Waals surface area contributed by atoms with E-state index in [4.69, 9.17) is 24.3 Å². The largest absolute Gasteiger partial charge is 0.472 e. The van der Waals surface area contributed by atoms with Crippen LogP contribution in [-0.4, -0.2) is 83.4 Å². The van der Waals surface area contributed by atoms with Crippen LogP contribution in [0.4, 0.5) is 0 Å². The Bertz CT molecular complexity index is 457. The predicted molar refractivity (Wildman–Crippen MR) is 63.8 cm³/mol. The van der Waals surface area contributed by atoms with E-state index in [0.29, 0.717) is 0 Å². The Hall–Kier alpha value is 0.0200. The number of phosphoric ester groups is 2. The molecule has 15 heteroatoms. The predicted octanol–water partition coefficient (Wildman–Crippen LogP) is -3.63. The van der Waals surface area contributed by atoms with Crippen LogP contribution in [0.15, 0.2) is 0 Å². The Morgan fingerprint density at radius 2 is 1.50 bits per heavy atom. The van der Waals surface area contributed by atoms with Crippen LogP contribution in [0, 0.1) is 0 Å². The second-order valence-electron chi connectivity index (χ2n) is 4.39. The third kappa shape index (κ3) is 5.91. The molecule has 1 aliphatic heterocycles. The average Bonchev–Trinajstić information content (AvgIpc) is 2.34. The van der Waals surface area contributed by atoms with Crippen LogP contribution >= 0.6 is 15.6 Å². The third-order valence-corrected chi connectivity index (χ3v) is 3.61. The fourth-order valence-electron chi connectivity index (χ4n) is 1.68. The highest BCUT2D eigenvalue weighted by Crippen LogP contribution is 2.41. The molecule has 1 fully saturated rings. The van der Waals surface area contributed by atoms with Gasteiger partial charge in [0.15, 0.2) is 6.29 Å². The molecule has 0 saturated carbocycles. The van der Waals surface area contributed by atoms with Crippen molar-refractivity contribution in [3.05, 3.63) is 0 Å². The van der Waals surface area contributed by atoms with Crippen molar-refractivity contribution in [2.45, 2.75) is 36.8 Å². The van der Waals surface area contributed by atoms with E-state index in [9.17, 15) is 29.6 Å². The minimum atomic E-state index is -5.13. The van der Waals surface area contributed by atoms with Gasteiger partial charge >= 0.3 is 15.6 Å². The molecule has 1 aliphatic rings. The van der Waals surface area contributed by atoms with Crippen LogP contribution in [-0.2, 0) is 22.9 Å². The van der Waals surface area contributed by atoms with Crippen molar-refractivity contribution in [1.82, 2.24) is 0 Å². The van der Waals surface area contributed by atoms with Crippen molar-refractivity contribution < 1.29 is 62.9 Å². The highest BCUT2D eigenvalue weighted by molar-refractivity contribution is 7.46. The summed E-state index contributed by atoms with van der Waals surface area (Å²) in [6.45, 7) is -1.03. The van der Waals surface area contributed by atoms with Crippen LogP contribution < -0.4 is 0 Å². The lowest BCUT2D eigenvalue weighted by Crippen LogP contribution is -2.61. The monoisotopic (exact) mass is 370 g/mol. The van der Waals surface area contributed by atoms with E-state index < -0.39 is 59.1 Å². The molecular weight excluding hydrogens is 354 g/mol. The number of hydrogen-bond donors (Lipinski definition) is 8. The van der Waals surface area contributed by atoms with E-state index in [1.165, 1.54) is 0 Å². The summed E-state index contributed by atoms with van der Waals surface area (Å²) in [4.78, 5) is 34.3. The number of hydrogen-bond acceptors (Lipinski definition) is 9. The fourth-order valence-corrected chi connectivity index (χ4v) is 2.47. The zero-order valence-electron chi connectivity index (χ0n) is 10.7. The van der Waals surface area contributed by atoms with Gasteiger partial charge in [-0.3, -0.25) is 9.05 Å². The lowest BCUT2D eigenvalue weighted by atomic mass is 9.96. The highest BCUT2D eigenvalue weighted by Gasteiger charge is 2.49. The second kappa shape index (κ2) is 7.28. The molecular formula is C7H16O13P2. The normalized spacial score (nSPS) is 35.4. The molecule has 13 nitrogen and oxygen atoms in total. The molecule has 1 rings (SSSR count). The van der Waals surface area contributed by atoms with Gasteiger partial charge in [0.1, 0.15) is 30.5 Å². The van der Waals surface area contributed by atoms with E-state index in [-0.39, 0.29) is 0 Å². The number of aliphatic hydroxyl groups is 4. The van der Waals surface area contributed by atoms with Crippen LogP contribution in [0.2, 0.25) is 0 Å². The van der Waals surface area contributed by atoms with Crippen LogP contribution in [0.3, 0.4) is 0 Å². The SMILES string of the molecule is O=P(O)(O)OC[C@@H](O)[C@H]1OC(OP(=O)(O)O)[C@@H](O)[C@@H](O)[C@@H]1O. The van der Waals surface area contributed by atoms with E-state index >= 15 is 0 Å². The molecule has 8 N–H and O–H groups in total. The third-order valence-electron chi connectivity index (χ3n) is 2.64. The summed E-state index contributed by atoms with van der Waals surface area (Å²) in [7, 11) is -10.1. The van der Waals surface area contributed by atoms with Crippen molar-refractivity contribution in [3.63, 3.8) is 0 Å². The Morgan fingerprint density at radius 1 is 0.955 bits per heavy atom. The zero-order valence-corrected chi connectivity index (χ0v) is 12.5. The molecule has 0 aliphatic carbocycles. The first-order chi connectivity index (χ1) is 9.82. The minimum absolute atomic E-state index is 1.03. The summed E-state index contributed by atoms with van der Waals surface area (Å²) in [5, 5.41) is 38.3. The van der Waals surface area contributed by atoms with E-state index in [1.807, 2.05) is 0 Å². The molecule has 132 valence electrons. The summed E-state index contributed by atoms with van der Waals surface area (Å²) in [5.41, 5.74) is 0. The number of ether oxygens (including phenoxy) is 1. The zero-order chi connectivity index (χ0) is 17.3. The first-order valence-electron chi connectivity index (χ1n) is 5.63. The molecule has 6 atom stereocenters. The topological polar surface area (TPSA) is 224 Å². The molecule has 0 spiro atoms. The van der Waals surface area contributed by atoms with Gasteiger partial charge < -0.3 is 44.7 Å². The lowest BCUT2D eigenvalue weighted by Gasteiger charge is -2.41. The first kappa shape index (κ1) is 20.1. The van der Waals surface area contributed by atoms with E-state index in [2.05, 4.69) is 9.05 Å². The summed E-state index contributed by atoms with van der Waals surface area (Å²) in [5.74, 6) is 0. The van der Waals surface area contributed by atoms with Crippen molar-refractivity contribution >= 4 is 15.6 Å². The Kier molecular flexibility index (Phi) is 6.64. The van der Waals surface area contributed by atoms with E-state index in [0.717, 1.165) is 0 Å². The quantitative estimate of drug-likeness (QED) is 0.212. The van der Waals surface area contributed by atoms with Crippen LogP contribution in [0.5, 0.6) is 0 Å². The Morgan fingerprint density at radius 3 is 1.95 bits per heavy atom. The maximum Gasteiger partial charge on any atom is 0.472 e. The molecule has 1 heterocycles. The standard InChI is InChI=1S/C7H16O13P2/c8-2(1-18-21(12,13)14)6-4(10)3(9)5(11)7(19-6)20-22(15,16)17/h2-11H,1H2,(H2,12,13,14)(H2,15,16,17)/t2-,3+,4+,5+,6-,7?/m1/s1. The molecule has 0 aromatic rings. The van der Waals surface area contributed by atoms with Gasteiger partial charge in [0.2, 0.25) is 0 Å². The van der Waals surface area contributed by atoms with Crippen LogP contribution in [0.1, 0.15) is 0 Å². The van der Waals surface area contributed by atoms with E-state index in [1.54, 1.807) is 0 Å². The van der Waals surface area contributed by atoms with Gasteiger partial charge in [-0.2, -0.15) is 0 Å². The molecule has 0 amide bonds. The van der Waals surface area contributed by atoms with Crippen molar-refractivity contribution in [2.24, 2.45) is 0 Å². The number of rotatable bonds is 6. The van der Waals surface area contributed by atoms with Crippen molar-refractivity contribution in [1.29, 1.82) is 0 Å². The summed E-state index contributed by atoms with van der Waals surface area (Å²) >= 11 is 0. The lowest BCUT2D eigenvalue weighted by molar-refractivity contribution is -0.292. The summed E-state index contributed by atoms with van der Waals surface area (Å²) in [6.07, 6.45) is -11.8. The van der Waals surface area contributed by atoms with Crippen LogP contribution in [0.25, 0.3) is 0 Å². The molecule has 1 saturated heterocycles. The minimum Gasteiger partial charge on any atom is -0.388 e. The second-order valence-corrected chi connectivity index (χ2v) is 6.82. The highest BCUT2D eigenvalue weighted by atomic mass is 31.2. The maximum atomic E-state index is 10.7. The van der Waals surface area contributed by atoms with Gasteiger partial charge in [-0.15, -0.1) is 0 Å². The molecule has 0 bridgehead atoms. The molecule has 0 radical (unpaired) electrons. The summed E-state index contributed by atoms with van der Waals surface area (Å²) in [6, 6.07) is 0. The Balaban J connectivity index is 2.80. The maximum absolute atomic E-state index is 10.7. The molecule has 1 unspecified atom stereocenters. The smallest absolute Gasteiger partial charge is 0.388 e. The average molecular weight is 370 g/mol. The van der Waals surface area contributed by atoms with Crippen molar-refractivity contribution in [3.8, 4) is 0 Å². The molecule has 0 aromatic carbocycles. The van der Waals surface area contributed by atoms with Gasteiger partial charge in [0, 0.05) is 0 Å². The van der Waals surface area contributed by atoms with Gasteiger partial charge in [0.05, 0.1) is 6.61 Å². The number of aliphatic hydroxyl groups excluding tert-OH is 4. The van der Waals surface area contributed by atoms with Gasteiger partial charge in [0.25, 0.3) is 0 Å². The molecule has 0 aromatic heterocycles. The summed E-state index contributed by atoms with van der Waals surface area (Å²) < 4.78 is 34.0. The number of phosphoric acid groups is 2. The first-order valence-corrected chi connectivity index (χ1v) is 8.69.